The minimum Gasteiger partial charge on any atom is -0.497 e. The number of nitrogens with one attached hydrogen (secondary N) is 2. The minimum atomic E-state index is -0.206. The van der Waals surface area contributed by atoms with Crippen molar-refractivity contribution < 1.29 is 9.53 Å². The van der Waals surface area contributed by atoms with Crippen LogP contribution in [0.25, 0.3) is 10.9 Å². The van der Waals surface area contributed by atoms with Crippen LogP contribution in [0.3, 0.4) is 0 Å². The van der Waals surface area contributed by atoms with Crippen molar-refractivity contribution in [1.29, 1.82) is 0 Å². The van der Waals surface area contributed by atoms with E-state index in [-0.39, 0.29) is 12.1 Å². The highest BCUT2D eigenvalue weighted by atomic mass is 16.5. The number of aryl methyl sites for hydroxylation is 1. The molecule has 1 aliphatic rings. The van der Waals surface area contributed by atoms with E-state index in [0.29, 0.717) is 6.54 Å². The average molecular weight is 426 g/mol. The average Bonchev–Trinajstić information content (AvgIpc) is 3.20. The first-order valence-electron chi connectivity index (χ1n) is 10.9. The molecule has 5 heteroatoms. The van der Waals surface area contributed by atoms with Crippen molar-refractivity contribution in [2.45, 2.75) is 26.3 Å². The molecule has 2 heterocycles. The number of fused-ring (bicyclic) bond motifs is 3. The molecular weight excluding hydrogens is 398 g/mol. The minimum absolute atomic E-state index is 0.0937. The molecule has 0 spiro atoms. The molecule has 0 saturated heterocycles. The zero-order valence-corrected chi connectivity index (χ0v) is 18.6. The SMILES string of the molecule is COc1ccc([C@@H]2c3[nH]c4ccccc4c3CCN2C(=O)Nc2cccc(C)c2C)cc1. The van der Waals surface area contributed by atoms with E-state index in [0.717, 1.165) is 45.8 Å². The van der Waals surface area contributed by atoms with E-state index in [2.05, 4.69) is 41.5 Å². The Morgan fingerprint density at radius 3 is 2.59 bits per heavy atom. The number of aromatic nitrogens is 1. The number of benzene rings is 3. The topological polar surface area (TPSA) is 57.4 Å². The molecule has 5 nitrogen and oxygen atoms in total. The van der Waals surface area contributed by atoms with Crippen LogP contribution in [0, 0.1) is 13.8 Å². The standard InChI is InChI=1S/C27H27N3O2/c1-17-7-6-10-23(18(17)2)29-27(31)30-16-15-22-21-8-4-5-9-24(21)28-25(22)26(30)19-11-13-20(32-3)14-12-19/h4-14,26,28H,15-16H2,1-3H3,(H,29,31)/t26-/m1/s1. The summed E-state index contributed by atoms with van der Waals surface area (Å²) >= 11 is 0. The Hall–Kier alpha value is -3.73. The summed E-state index contributed by atoms with van der Waals surface area (Å²) in [5.74, 6) is 0.799. The highest BCUT2D eigenvalue weighted by Gasteiger charge is 2.34. The number of methoxy groups -OCH3 is 1. The number of hydrogen-bond donors (Lipinski definition) is 2. The van der Waals surface area contributed by atoms with Crippen molar-refractivity contribution in [3.8, 4) is 5.75 Å². The molecule has 2 N–H and O–H groups in total. The second-order valence-electron chi connectivity index (χ2n) is 8.36. The van der Waals surface area contributed by atoms with Crippen LogP contribution in [0.15, 0.2) is 66.7 Å². The Bertz CT molecular complexity index is 1290. The molecule has 4 aromatic rings. The Labute approximate surface area is 188 Å². The fourth-order valence-electron chi connectivity index (χ4n) is 4.67. The van der Waals surface area contributed by atoms with Gasteiger partial charge in [-0.15, -0.1) is 0 Å². The number of aromatic amines is 1. The van der Waals surface area contributed by atoms with Crippen molar-refractivity contribution in [3.63, 3.8) is 0 Å². The predicted molar refractivity (Wildman–Crippen MR) is 128 cm³/mol. The summed E-state index contributed by atoms with van der Waals surface area (Å²) in [5.41, 5.74) is 7.63. The Morgan fingerprint density at radius 1 is 1.03 bits per heavy atom. The molecule has 5 rings (SSSR count). The van der Waals surface area contributed by atoms with Crippen LogP contribution in [-0.2, 0) is 6.42 Å². The van der Waals surface area contributed by atoms with Crippen LogP contribution in [0.5, 0.6) is 5.75 Å². The van der Waals surface area contributed by atoms with Gasteiger partial charge in [-0.3, -0.25) is 0 Å². The van der Waals surface area contributed by atoms with Gasteiger partial charge in [0.1, 0.15) is 5.75 Å². The van der Waals surface area contributed by atoms with E-state index in [4.69, 9.17) is 4.74 Å². The number of carbonyl (C=O) groups is 1. The molecule has 0 radical (unpaired) electrons. The quantitative estimate of drug-likeness (QED) is 0.425. The summed E-state index contributed by atoms with van der Waals surface area (Å²) in [6, 6.07) is 22.0. The first-order valence-corrected chi connectivity index (χ1v) is 10.9. The van der Waals surface area contributed by atoms with Gasteiger partial charge < -0.3 is 19.9 Å². The van der Waals surface area contributed by atoms with E-state index in [1.54, 1.807) is 7.11 Å². The summed E-state index contributed by atoms with van der Waals surface area (Å²) in [4.78, 5) is 19.1. The first kappa shape index (κ1) is 20.2. The molecular formula is C27H27N3O2. The monoisotopic (exact) mass is 425 g/mol. The summed E-state index contributed by atoms with van der Waals surface area (Å²) in [5, 5.41) is 4.39. The van der Waals surface area contributed by atoms with Gasteiger partial charge in [-0.05, 0) is 66.8 Å². The molecule has 1 atom stereocenters. The fourth-order valence-corrected chi connectivity index (χ4v) is 4.67. The molecule has 0 saturated carbocycles. The van der Waals surface area contributed by atoms with Crippen molar-refractivity contribution in [2.75, 3.05) is 19.0 Å². The van der Waals surface area contributed by atoms with Gasteiger partial charge in [0.15, 0.2) is 0 Å². The zero-order valence-electron chi connectivity index (χ0n) is 18.6. The molecule has 1 aliphatic heterocycles. The van der Waals surface area contributed by atoms with Crippen LogP contribution in [-0.4, -0.2) is 29.6 Å². The first-order chi connectivity index (χ1) is 15.6. The van der Waals surface area contributed by atoms with Gasteiger partial charge in [-0.1, -0.05) is 42.5 Å². The normalized spacial score (nSPS) is 15.5. The molecule has 0 fully saturated rings. The van der Waals surface area contributed by atoms with E-state index in [1.807, 2.05) is 54.3 Å². The number of para-hydroxylation sites is 1. The summed E-state index contributed by atoms with van der Waals surface area (Å²) < 4.78 is 5.35. The number of rotatable bonds is 3. The largest absolute Gasteiger partial charge is 0.497 e. The molecule has 0 bridgehead atoms. The van der Waals surface area contributed by atoms with Crippen molar-refractivity contribution >= 4 is 22.6 Å². The Morgan fingerprint density at radius 2 is 1.81 bits per heavy atom. The maximum absolute atomic E-state index is 13.5. The summed E-state index contributed by atoms with van der Waals surface area (Å²) in [6.07, 6.45) is 0.812. The van der Waals surface area contributed by atoms with Crippen molar-refractivity contribution in [1.82, 2.24) is 9.88 Å². The van der Waals surface area contributed by atoms with E-state index < -0.39 is 0 Å². The summed E-state index contributed by atoms with van der Waals surface area (Å²) in [7, 11) is 1.66. The Kier molecular flexibility index (Phi) is 5.10. The van der Waals surface area contributed by atoms with Gasteiger partial charge >= 0.3 is 6.03 Å². The number of amides is 2. The van der Waals surface area contributed by atoms with Crippen LogP contribution in [0.1, 0.15) is 34.0 Å². The van der Waals surface area contributed by atoms with Crippen molar-refractivity contribution in [2.24, 2.45) is 0 Å². The maximum atomic E-state index is 13.5. The maximum Gasteiger partial charge on any atom is 0.322 e. The number of H-pyrrole nitrogens is 1. The molecule has 162 valence electrons. The third-order valence-electron chi connectivity index (χ3n) is 6.57. The molecule has 32 heavy (non-hydrogen) atoms. The van der Waals surface area contributed by atoms with Crippen LogP contribution in [0.2, 0.25) is 0 Å². The highest BCUT2D eigenvalue weighted by molar-refractivity contribution is 5.92. The van der Waals surface area contributed by atoms with Gasteiger partial charge in [-0.25, -0.2) is 4.79 Å². The molecule has 0 aliphatic carbocycles. The number of anilines is 1. The smallest absolute Gasteiger partial charge is 0.322 e. The second-order valence-corrected chi connectivity index (χ2v) is 8.36. The fraction of sp³-hybridized carbons (Fsp3) is 0.222. The second kappa shape index (κ2) is 8.08. The van der Waals surface area contributed by atoms with Crippen LogP contribution < -0.4 is 10.1 Å². The number of hydrogen-bond acceptors (Lipinski definition) is 2. The van der Waals surface area contributed by atoms with Gasteiger partial charge in [0, 0.05) is 28.8 Å². The highest BCUT2D eigenvalue weighted by Crippen LogP contribution is 2.39. The lowest BCUT2D eigenvalue weighted by atomic mass is 9.92. The lowest BCUT2D eigenvalue weighted by molar-refractivity contribution is 0.193. The third-order valence-corrected chi connectivity index (χ3v) is 6.57. The number of ether oxygens (including phenoxy) is 1. The lowest BCUT2D eigenvalue weighted by Gasteiger charge is -2.36. The van der Waals surface area contributed by atoms with Gasteiger partial charge in [0.2, 0.25) is 0 Å². The molecule has 3 aromatic carbocycles. The van der Waals surface area contributed by atoms with Crippen LogP contribution >= 0.6 is 0 Å². The van der Waals surface area contributed by atoms with Crippen LogP contribution in [0.4, 0.5) is 10.5 Å². The predicted octanol–water partition coefficient (Wildman–Crippen LogP) is 5.97. The van der Waals surface area contributed by atoms with Gasteiger partial charge in [0.05, 0.1) is 13.2 Å². The molecule has 0 unspecified atom stereocenters. The summed E-state index contributed by atoms with van der Waals surface area (Å²) in [6.45, 7) is 4.74. The molecule has 1 aromatic heterocycles. The number of urea groups is 1. The van der Waals surface area contributed by atoms with Crippen molar-refractivity contribution in [3.05, 3.63) is 94.7 Å². The van der Waals surface area contributed by atoms with Gasteiger partial charge in [0.25, 0.3) is 0 Å². The van der Waals surface area contributed by atoms with Gasteiger partial charge in [-0.2, -0.15) is 0 Å². The Balaban J connectivity index is 1.57. The zero-order chi connectivity index (χ0) is 22.2. The van der Waals surface area contributed by atoms with E-state index in [9.17, 15) is 4.79 Å². The number of nitrogens with zero attached hydrogens (tertiary/aromatic N) is 1. The number of carbonyl (C=O) groups excluding carboxylic acids is 1. The van der Waals surface area contributed by atoms with E-state index >= 15 is 0 Å². The molecule has 2 amide bonds. The third kappa shape index (κ3) is 3.40. The van der Waals surface area contributed by atoms with E-state index in [1.165, 1.54) is 10.9 Å². The lowest BCUT2D eigenvalue weighted by Crippen LogP contribution is -2.43.